The molecule has 0 heterocycles. The van der Waals surface area contributed by atoms with Gasteiger partial charge in [0.25, 0.3) is 0 Å². The molecule has 0 spiro atoms. The van der Waals surface area contributed by atoms with E-state index >= 15 is 0 Å². The van der Waals surface area contributed by atoms with Gasteiger partial charge in [0, 0.05) is 10.7 Å². The quantitative estimate of drug-likeness (QED) is 0.0441. The van der Waals surface area contributed by atoms with Crippen molar-refractivity contribution in [1.29, 1.82) is 0 Å². The number of halogens is 2. The van der Waals surface area contributed by atoms with Crippen LogP contribution in [0.3, 0.4) is 0 Å². The maximum absolute atomic E-state index is 7.63. The van der Waals surface area contributed by atoms with Crippen LogP contribution in [0, 0.1) is 0 Å². The maximum atomic E-state index is 7.63. The summed E-state index contributed by atoms with van der Waals surface area (Å²) in [5, 5.41) is 2.95. The first-order chi connectivity index (χ1) is 19.3. The Morgan fingerprint density at radius 3 is 0.756 bits per heavy atom. The van der Waals surface area contributed by atoms with Crippen molar-refractivity contribution < 1.29 is 4.12 Å². The normalized spacial score (nSPS) is 15.7. The molecule has 0 radical (unpaired) electrons. The minimum Gasteiger partial charge on any atom is -0.454 e. The molecule has 41 heavy (non-hydrogen) atoms. The van der Waals surface area contributed by atoms with Gasteiger partial charge in [-0.1, -0.05) is 202 Å². The fraction of sp³-hybridized carbons (Fsp3) is 1.00. The summed E-state index contributed by atoms with van der Waals surface area (Å²) in [4.78, 5) is 0. The first-order valence-electron chi connectivity index (χ1n) is 18.1. The SMILES string of the molecule is CC(C)(C)[Si](C)(CCCCCCCCCCCCCBr)O[Si](C)(CCCCCCCCCCCCCBr)C(C)(C)C. The highest BCUT2D eigenvalue weighted by Crippen LogP contribution is 2.49. The molecule has 0 aromatic heterocycles. The minimum absolute atomic E-state index is 0.301. The van der Waals surface area contributed by atoms with Crippen LogP contribution in [-0.2, 0) is 4.12 Å². The molecule has 2 unspecified atom stereocenters. The van der Waals surface area contributed by atoms with Crippen molar-refractivity contribution in [3.63, 3.8) is 0 Å². The molecule has 0 aliphatic carbocycles. The van der Waals surface area contributed by atoms with Crippen LogP contribution in [0.4, 0.5) is 0 Å². The van der Waals surface area contributed by atoms with E-state index in [-0.39, 0.29) is 0 Å². The second-order valence-electron chi connectivity index (χ2n) is 15.7. The molecule has 1 nitrogen and oxygen atoms in total. The average molecular weight is 741 g/mol. The van der Waals surface area contributed by atoms with Gasteiger partial charge in [0.1, 0.15) is 0 Å². The van der Waals surface area contributed by atoms with Crippen molar-refractivity contribution in [2.75, 3.05) is 10.7 Å². The predicted octanol–water partition coefficient (Wildman–Crippen LogP) is 15.1. The van der Waals surface area contributed by atoms with E-state index in [1.807, 2.05) is 0 Å². The van der Waals surface area contributed by atoms with Crippen LogP contribution in [0.2, 0.25) is 35.3 Å². The van der Waals surface area contributed by atoms with Crippen LogP contribution in [0.1, 0.15) is 183 Å². The van der Waals surface area contributed by atoms with Gasteiger partial charge in [0.15, 0.2) is 16.6 Å². The Labute approximate surface area is 279 Å². The van der Waals surface area contributed by atoms with E-state index in [0.717, 1.165) is 0 Å². The smallest absolute Gasteiger partial charge is 0.182 e. The molecule has 0 rings (SSSR count). The lowest BCUT2D eigenvalue weighted by Crippen LogP contribution is -2.56. The monoisotopic (exact) mass is 738 g/mol. The van der Waals surface area contributed by atoms with E-state index in [1.54, 1.807) is 0 Å². The molecular weight excluding hydrogens is 664 g/mol. The number of unbranched alkanes of at least 4 members (excludes halogenated alkanes) is 20. The van der Waals surface area contributed by atoms with Gasteiger partial charge in [0.2, 0.25) is 0 Å². The molecule has 0 aliphatic heterocycles. The van der Waals surface area contributed by atoms with Crippen molar-refractivity contribution in [1.82, 2.24) is 0 Å². The zero-order valence-corrected chi connectivity index (χ0v) is 34.7. The Morgan fingerprint density at radius 1 is 0.366 bits per heavy atom. The zero-order valence-electron chi connectivity index (χ0n) is 29.5. The molecule has 0 bridgehead atoms. The highest BCUT2D eigenvalue weighted by atomic mass is 79.9. The summed E-state index contributed by atoms with van der Waals surface area (Å²) >= 11 is 7.09. The number of rotatable bonds is 28. The third kappa shape index (κ3) is 20.9. The molecule has 0 aromatic carbocycles. The van der Waals surface area contributed by atoms with Crippen LogP contribution in [0.25, 0.3) is 0 Å². The first kappa shape index (κ1) is 42.4. The zero-order chi connectivity index (χ0) is 31.1. The largest absolute Gasteiger partial charge is 0.454 e. The van der Waals surface area contributed by atoms with E-state index in [1.165, 1.54) is 164 Å². The third-order valence-electron chi connectivity index (χ3n) is 10.2. The van der Waals surface area contributed by atoms with E-state index in [4.69, 9.17) is 4.12 Å². The van der Waals surface area contributed by atoms with E-state index in [0.29, 0.717) is 10.1 Å². The summed E-state index contributed by atoms with van der Waals surface area (Å²) in [7, 11) is -3.68. The molecule has 0 N–H and O–H groups in total. The molecule has 0 aromatic rings. The first-order valence-corrected chi connectivity index (χ1v) is 25.6. The third-order valence-corrected chi connectivity index (χ3v) is 23.9. The van der Waals surface area contributed by atoms with Crippen molar-refractivity contribution in [2.45, 2.75) is 218 Å². The van der Waals surface area contributed by atoms with Crippen molar-refractivity contribution in [3.05, 3.63) is 0 Å². The van der Waals surface area contributed by atoms with Gasteiger partial charge in [-0.15, -0.1) is 0 Å². The van der Waals surface area contributed by atoms with Crippen molar-refractivity contribution >= 4 is 48.5 Å². The van der Waals surface area contributed by atoms with Gasteiger partial charge in [-0.2, -0.15) is 0 Å². The van der Waals surface area contributed by atoms with E-state index < -0.39 is 16.6 Å². The van der Waals surface area contributed by atoms with Crippen molar-refractivity contribution in [2.24, 2.45) is 0 Å². The number of alkyl halides is 2. The van der Waals surface area contributed by atoms with Gasteiger partial charge in [-0.05, 0) is 48.1 Å². The van der Waals surface area contributed by atoms with Gasteiger partial charge >= 0.3 is 0 Å². The van der Waals surface area contributed by atoms with Crippen LogP contribution < -0.4 is 0 Å². The molecule has 0 fully saturated rings. The van der Waals surface area contributed by atoms with Crippen LogP contribution in [-0.4, -0.2) is 27.3 Å². The lowest BCUT2D eigenvalue weighted by atomic mass is 10.1. The molecule has 0 saturated carbocycles. The van der Waals surface area contributed by atoms with Crippen LogP contribution >= 0.6 is 31.9 Å². The fourth-order valence-corrected chi connectivity index (χ4v) is 17.3. The Kier molecular flexibility index (Phi) is 25.4. The highest BCUT2D eigenvalue weighted by molar-refractivity contribution is 9.09. The van der Waals surface area contributed by atoms with E-state index in [2.05, 4.69) is 86.5 Å². The van der Waals surface area contributed by atoms with Gasteiger partial charge in [0.05, 0.1) is 0 Å². The second kappa shape index (κ2) is 24.6. The minimum atomic E-state index is -1.84. The summed E-state index contributed by atoms with van der Waals surface area (Å²) in [5.74, 6) is 0. The topological polar surface area (TPSA) is 9.23 Å². The van der Waals surface area contributed by atoms with Gasteiger partial charge in [-0.25, -0.2) is 0 Å². The second-order valence-corrected chi connectivity index (χ2v) is 27.0. The van der Waals surface area contributed by atoms with Crippen LogP contribution in [0.15, 0.2) is 0 Å². The molecule has 0 amide bonds. The van der Waals surface area contributed by atoms with Crippen LogP contribution in [0.5, 0.6) is 0 Å². The molecule has 248 valence electrons. The standard InChI is InChI=1S/C36H76Br2OSi2/c1-35(2,3)40(7,33-29-25-21-17-13-9-11-15-19-23-27-31-37)39-41(8,36(4,5)6)34-30-26-22-18-14-10-12-16-20-24-28-32-38/h9-34H2,1-8H3. The Morgan fingerprint density at radius 2 is 0.561 bits per heavy atom. The fourth-order valence-electron chi connectivity index (χ4n) is 5.95. The summed E-state index contributed by atoms with van der Waals surface area (Å²) < 4.78 is 7.63. The predicted molar refractivity (Wildman–Crippen MR) is 203 cm³/mol. The van der Waals surface area contributed by atoms with Gasteiger partial charge in [-0.3, -0.25) is 0 Å². The summed E-state index contributed by atoms with van der Waals surface area (Å²) in [5.41, 5.74) is 0. The average Bonchev–Trinajstić information content (AvgIpc) is 2.88. The van der Waals surface area contributed by atoms with E-state index in [9.17, 15) is 0 Å². The Hall–Kier alpha value is 1.35. The maximum Gasteiger partial charge on any atom is 0.182 e. The van der Waals surface area contributed by atoms with Gasteiger partial charge < -0.3 is 4.12 Å². The highest BCUT2D eigenvalue weighted by Gasteiger charge is 2.50. The summed E-state index contributed by atoms with van der Waals surface area (Å²) in [6.45, 7) is 20.1. The molecule has 2 atom stereocenters. The van der Waals surface area contributed by atoms with Crippen molar-refractivity contribution in [3.8, 4) is 0 Å². The number of hydrogen-bond acceptors (Lipinski definition) is 1. The Bertz CT molecular complexity index is 539. The lowest BCUT2D eigenvalue weighted by Gasteiger charge is -2.50. The molecule has 5 heteroatoms. The molecule has 0 saturated heterocycles. The summed E-state index contributed by atoms with van der Waals surface area (Å²) in [6.07, 6.45) is 31.1. The molecular formula is C36H76Br2OSi2. The number of hydrogen-bond donors (Lipinski definition) is 0. The molecule has 0 aliphatic rings. The Balaban J connectivity index is 4.48. The lowest BCUT2D eigenvalue weighted by molar-refractivity contribution is 0.424. The summed E-state index contributed by atoms with van der Waals surface area (Å²) in [6, 6.07) is 2.69.